The van der Waals surface area contributed by atoms with Crippen LogP contribution in [0.1, 0.15) is 40.0 Å². The van der Waals surface area contributed by atoms with E-state index in [1.807, 2.05) is 0 Å². The van der Waals surface area contributed by atoms with E-state index in [0.29, 0.717) is 6.54 Å². The fourth-order valence-corrected chi connectivity index (χ4v) is 2.58. The summed E-state index contributed by atoms with van der Waals surface area (Å²) in [6.45, 7) is 10.3. The molecular weight excluding hydrogens is 228 g/mol. The molecule has 2 atom stereocenters. The van der Waals surface area contributed by atoms with Crippen LogP contribution in [0.3, 0.4) is 0 Å². The van der Waals surface area contributed by atoms with E-state index >= 15 is 0 Å². The number of aliphatic hydroxyl groups is 2. The minimum Gasteiger partial charge on any atom is -0.396 e. The Bertz CT molecular complexity index is 222. The number of likely N-dealkylation sites (tertiary alicyclic amines) is 1. The largest absolute Gasteiger partial charge is 0.396 e. The summed E-state index contributed by atoms with van der Waals surface area (Å²) >= 11 is 0. The molecule has 0 bridgehead atoms. The van der Waals surface area contributed by atoms with E-state index in [9.17, 15) is 5.11 Å². The molecule has 1 rings (SSSR count). The van der Waals surface area contributed by atoms with Crippen molar-refractivity contribution in [2.45, 2.75) is 52.2 Å². The maximum absolute atomic E-state index is 10.0. The summed E-state index contributed by atoms with van der Waals surface area (Å²) < 4.78 is 0. The van der Waals surface area contributed by atoms with E-state index in [2.05, 4.69) is 31.0 Å². The van der Waals surface area contributed by atoms with Crippen LogP contribution in [0.4, 0.5) is 0 Å². The van der Waals surface area contributed by atoms with E-state index in [-0.39, 0.29) is 24.2 Å². The summed E-state index contributed by atoms with van der Waals surface area (Å²) in [6.07, 6.45) is 2.94. The number of nitrogens with one attached hydrogen (secondary N) is 1. The van der Waals surface area contributed by atoms with Crippen molar-refractivity contribution in [1.29, 1.82) is 0 Å². The van der Waals surface area contributed by atoms with Crippen LogP contribution in [0.5, 0.6) is 0 Å². The first-order chi connectivity index (χ1) is 8.43. The summed E-state index contributed by atoms with van der Waals surface area (Å²) in [5, 5.41) is 22.5. The zero-order valence-electron chi connectivity index (χ0n) is 12.2. The average molecular weight is 258 g/mol. The Morgan fingerprint density at radius 1 is 1.22 bits per heavy atom. The Morgan fingerprint density at radius 3 is 2.33 bits per heavy atom. The van der Waals surface area contributed by atoms with Crippen LogP contribution in [-0.2, 0) is 0 Å². The van der Waals surface area contributed by atoms with Gasteiger partial charge in [0.05, 0.1) is 6.10 Å². The van der Waals surface area contributed by atoms with Gasteiger partial charge in [-0.3, -0.25) is 0 Å². The highest BCUT2D eigenvalue weighted by Gasteiger charge is 2.24. The van der Waals surface area contributed by atoms with E-state index in [1.165, 1.54) is 12.8 Å². The van der Waals surface area contributed by atoms with Crippen molar-refractivity contribution in [3.63, 3.8) is 0 Å². The quantitative estimate of drug-likeness (QED) is 0.633. The molecule has 2 unspecified atom stereocenters. The Kier molecular flexibility index (Phi) is 6.57. The first-order valence-corrected chi connectivity index (χ1v) is 7.18. The van der Waals surface area contributed by atoms with Crippen LogP contribution in [0.2, 0.25) is 0 Å². The summed E-state index contributed by atoms with van der Waals surface area (Å²) in [4.78, 5) is 2.32. The second kappa shape index (κ2) is 7.43. The highest BCUT2D eigenvalue weighted by molar-refractivity contribution is 4.82. The lowest BCUT2D eigenvalue weighted by atomic mass is 9.85. The fourth-order valence-electron chi connectivity index (χ4n) is 2.58. The first-order valence-electron chi connectivity index (χ1n) is 7.18. The lowest BCUT2D eigenvalue weighted by Crippen LogP contribution is -2.46. The van der Waals surface area contributed by atoms with Crippen molar-refractivity contribution < 1.29 is 10.2 Å². The first kappa shape index (κ1) is 15.9. The number of rotatable bonds is 7. The van der Waals surface area contributed by atoms with Gasteiger partial charge in [0, 0.05) is 25.7 Å². The van der Waals surface area contributed by atoms with E-state index in [0.717, 1.165) is 26.1 Å². The second-order valence-electron chi connectivity index (χ2n) is 6.50. The molecule has 18 heavy (non-hydrogen) atoms. The van der Waals surface area contributed by atoms with Crippen LogP contribution >= 0.6 is 0 Å². The normalized spacial score (nSPS) is 21.2. The zero-order valence-corrected chi connectivity index (χ0v) is 12.2. The van der Waals surface area contributed by atoms with Gasteiger partial charge in [0.25, 0.3) is 0 Å². The molecule has 0 spiro atoms. The predicted molar refractivity (Wildman–Crippen MR) is 74.6 cm³/mol. The van der Waals surface area contributed by atoms with Gasteiger partial charge in [-0.1, -0.05) is 20.8 Å². The molecule has 1 aliphatic rings. The van der Waals surface area contributed by atoms with Crippen molar-refractivity contribution >= 4 is 0 Å². The lowest BCUT2D eigenvalue weighted by Gasteiger charge is -2.32. The van der Waals surface area contributed by atoms with Gasteiger partial charge in [0.15, 0.2) is 0 Å². The smallest absolute Gasteiger partial charge is 0.0791 e. The molecular formula is C14H30N2O2. The Labute approximate surface area is 111 Å². The van der Waals surface area contributed by atoms with Crippen LogP contribution < -0.4 is 5.32 Å². The Morgan fingerprint density at radius 2 is 1.83 bits per heavy atom. The van der Waals surface area contributed by atoms with Crippen LogP contribution in [0.25, 0.3) is 0 Å². The monoisotopic (exact) mass is 258 g/mol. The Hall–Kier alpha value is -0.160. The van der Waals surface area contributed by atoms with Crippen molar-refractivity contribution in [3.05, 3.63) is 0 Å². The second-order valence-corrected chi connectivity index (χ2v) is 6.50. The van der Waals surface area contributed by atoms with Crippen LogP contribution in [0.15, 0.2) is 0 Å². The van der Waals surface area contributed by atoms with Gasteiger partial charge < -0.3 is 20.4 Å². The van der Waals surface area contributed by atoms with Crippen molar-refractivity contribution in [2.24, 2.45) is 5.41 Å². The van der Waals surface area contributed by atoms with Gasteiger partial charge in [-0.25, -0.2) is 0 Å². The molecule has 1 aliphatic heterocycles. The van der Waals surface area contributed by atoms with E-state index in [1.54, 1.807) is 0 Å². The summed E-state index contributed by atoms with van der Waals surface area (Å²) in [5.74, 6) is 0. The van der Waals surface area contributed by atoms with Crippen molar-refractivity contribution in [3.8, 4) is 0 Å². The molecule has 0 aromatic heterocycles. The van der Waals surface area contributed by atoms with Gasteiger partial charge in [-0.15, -0.1) is 0 Å². The third-order valence-electron chi connectivity index (χ3n) is 3.73. The molecule has 1 saturated heterocycles. The molecule has 4 heteroatoms. The van der Waals surface area contributed by atoms with Crippen molar-refractivity contribution in [1.82, 2.24) is 10.2 Å². The lowest BCUT2D eigenvalue weighted by molar-refractivity contribution is 0.108. The van der Waals surface area contributed by atoms with E-state index in [4.69, 9.17) is 5.11 Å². The molecule has 0 amide bonds. The number of hydrogen-bond donors (Lipinski definition) is 3. The predicted octanol–water partition coefficient (Wildman–Crippen LogP) is 0.830. The number of β-amino-alcohol motifs (C(OH)–C–C–N with tert-alkyl or cyclic N) is 1. The standard InChI is InChI=1S/C14H30N2O2/c1-14(2,3)13(6-9-17)15-10-12(18)11-16-7-4-5-8-16/h12-13,15,17-18H,4-11H2,1-3H3. The molecule has 1 heterocycles. The number of nitrogens with zero attached hydrogens (tertiary/aromatic N) is 1. The van der Waals surface area contributed by atoms with Gasteiger partial charge in [0.2, 0.25) is 0 Å². The molecule has 0 radical (unpaired) electrons. The number of hydrogen-bond acceptors (Lipinski definition) is 4. The SMILES string of the molecule is CC(C)(C)C(CCO)NCC(O)CN1CCCC1. The molecule has 108 valence electrons. The Balaban J connectivity index is 2.27. The highest BCUT2D eigenvalue weighted by atomic mass is 16.3. The maximum atomic E-state index is 10.0. The van der Waals surface area contributed by atoms with Gasteiger partial charge in [-0.2, -0.15) is 0 Å². The molecule has 0 aromatic rings. The summed E-state index contributed by atoms with van der Waals surface area (Å²) in [6, 6.07) is 0.246. The zero-order chi connectivity index (χ0) is 13.6. The molecule has 1 fully saturated rings. The molecule has 4 nitrogen and oxygen atoms in total. The average Bonchev–Trinajstić information content (AvgIpc) is 2.75. The van der Waals surface area contributed by atoms with E-state index < -0.39 is 0 Å². The van der Waals surface area contributed by atoms with Crippen LogP contribution in [0, 0.1) is 5.41 Å². The molecule has 3 N–H and O–H groups in total. The van der Waals surface area contributed by atoms with Crippen LogP contribution in [-0.4, -0.2) is 60.0 Å². The highest BCUT2D eigenvalue weighted by Crippen LogP contribution is 2.21. The van der Waals surface area contributed by atoms with Crippen molar-refractivity contribution in [2.75, 3.05) is 32.8 Å². The molecule has 0 aliphatic carbocycles. The number of aliphatic hydroxyl groups excluding tert-OH is 2. The van der Waals surface area contributed by atoms with Gasteiger partial charge in [0.1, 0.15) is 0 Å². The minimum atomic E-state index is -0.313. The fraction of sp³-hybridized carbons (Fsp3) is 1.00. The summed E-state index contributed by atoms with van der Waals surface area (Å²) in [7, 11) is 0. The third-order valence-corrected chi connectivity index (χ3v) is 3.73. The topological polar surface area (TPSA) is 55.7 Å². The van der Waals surface area contributed by atoms with Gasteiger partial charge >= 0.3 is 0 Å². The minimum absolute atomic E-state index is 0.107. The molecule has 0 aromatic carbocycles. The maximum Gasteiger partial charge on any atom is 0.0791 e. The van der Waals surface area contributed by atoms with Gasteiger partial charge in [-0.05, 0) is 37.8 Å². The molecule has 0 saturated carbocycles. The third kappa shape index (κ3) is 5.65. The summed E-state index contributed by atoms with van der Waals surface area (Å²) in [5.41, 5.74) is 0.107.